The first-order chi connectivity index (χ1) is 8.93. The van der Waals surface area contributed by atoms with Gasteiger partial charge >= 0.3 is 0 Å². The molecule has 104 valence electrons. The first-order valence-corrected chi connectivity index (χ1v) is 6.63. The second kappa shape index (κ2) is 7.31. The average Bonchev–Trinajstić information content (AvgIpc) is 2.33. The molecule has 0 radical (unpaired) electrons. The van der Waals surface area contributed by atoms with Crippen LogP contribution in [0.1, 0.15) is 18.4 Å². The summed E-state index contributed by atoms with van der Waals surface area (Å²) in [6, 6.07) is 5.23. The number of hydrogen-bond acceptors (Lipinski definition) is 3. The molecular weight excluding hydrogens is 284 g/mol. The molecule has 0 unspecified atom stereocenters. The summed E-state index contributed by atoms with van der Waals surface area (Å²) >= 11 is 11.0. The third-order valence-corrected chi connectivity index (χ3v) is 3.03. The smallest absolute Gasteiger partial charge is 0.222 e. The highest BCUT2D eigenvalue weighted by Gasteiger charge is 2.11. The van der Waals surface area contributed by atoms with Gasteiger partial charge in [-0.15, -0.1) is 0 Å². The van der Waals surface area contributed by atoms with Crippen molar-refractivity contribution in [2.75, 3.05) is 20.7 Å². The minimum atomic E-state index is 0.0734. The predicted octanol–water partition coefficient (Wildman–Crippen LogP) is 2.22. The molecule has 0 fully saturated rings. The van der Waals surface area contributed by atoms with E-state index in [1.54, 1.807) is 37.2 Å². The molecule has 0 aliphatic rings. The van der Waals surface area contributed by atoms with Crippen LogP contribution in [-0.2, 0) is 4.79 Å². The van der Waals surface area contributed by atoms with Crippen molar-refractivity contribution in [3.63, 3.8) is 0 Å². The number of thiocarbonyl (C=S) groups is 1. The van der Waals surface area contributed by atoms with E-state index in [-0.39, 0.29) is 10.9 Å². The van der Waals surface area contributed by atoms with E-state index in [0.29, 0.717) is 35.8 Å². The zero-order chi connectivity index (χ0) is 14.4. The summed E-state index contributed by atoms with van der Waals surface area (Å²) in [5.41, 5.74) is 6.15. The average molecular weight is 301 g/mol. The van der Waals surface area contributed by atoms with Gasteiger partial charge in [-0.25, -0.2) is 0 Å². The molecule has 0 atom stereocenters. The minimum Gasteiger partial charge on any atom is -0.493 e. The quantitative estimate of drug-likeness (QED) is 0.646. The van der Waals surface area contributed by atoms with Crippen LogP contribution in [0.2, 0.25) is 5.02 Å². The Labute approximate surface area is 123 Å². The number of hydrogen-bond donors (Lipinski definition) is 1. The number of carbonyl (C=O) groups excluding carboxylic acids is 1. The van der Waals surface area contributed by atoms with E-state index in [9.17, 15) is 4.79 Å². The van der Waals surface area contributed by atoms with E-state index >= 15 is 0 Å². The molecule has 1 aromatic rings. The van der Waals surface area contributed by atoms with E-state index in [4.69, 9.17) is 34.3 Å². The summed E-state index contributed by atoms with van der Waals surface area (Å²) < 4.78 is 5.59. The normalized spacial score (nSPS) is 10.1. The molecule has 0 aromatic heterocycles. The van der Waals surface area contributed by atoms with Crippen LogP contribution in [0, 0.1) is 0 Å². The van der Waals surface area contributed by atoms with Crippen molar-refractivity contribution in [2.24, 2.45) is 5.73 Å². The third-order valence-electron chi connectivity index (χ3n) is 2.51. The van der Waals surface area contributed by atoms with Crippen LogP contribution in [0.5, 0.6) is 5.75 Å². The SMILES string of the molecule is CN(C)C(=O)CCCOc1cccc(Cl)c1C(N)=S. The molecule has 0 heterocycles. The molecule has 2 N–H and O–H groups in total. The highest BCUT2D eigenvalue weighted by Crippen LogP contribution is 2.26. The molecule has 1 aromatic carbocycles. The number of rotatable bonds is 6. The topological polar surface area (TPSA) is 55.6 Å². The van der Waals surface area contributed by atoms with Gasteiger partial charge in [0.15, 0.2) is 0 Å². The Morgan fingerprint density at radius 3 is 2.74 bits per heavy atom. The van der Waals surface area contributed by atoms with Gasteiger partial charge in [0.05, 0.1) is 17.2 Å². The molecule has 0 saturated carbocycles. The first-order valence-electron chi connectivity index (χ1n) is 5.84. The van der Waals surface area contributed by atoms with Crippen LogP contribution in [0.3, 0.4) is 0 Å². The summed E-state index contributed by atoms with van der Waals surface area (Å²) in [5.74, 6) is 0.626. The van der Waals surface area contributed by atoms with Gasteiger partial charge in [0, 0.05) is 20.5 Å². The lowest BCUT2D eigenvalue weighted by Crippen LogP contribution is -2.22. The highest BCUT2D eigenvalue weighted by atomic mass is 35.5. The summed E-state index contributed by atoms with van der Waals surface area (Å²) in [7, 11) is 3.45. The maximum absolute atomic E-state index is 11.4. The third kappa shape index (κ3) is 4.69. The van der Waals surface area contributed by atoms with Crippen LogP contribution in [-0.4, -0.2) is 36.5 Å². The largest absolute Gasteiger partial charge is 0.493 e. The second-order valence-electron chi connectivity index (χ2n) is 4.22. The van der Waals surface area contributed by atoms with Crippen molar-refractivity contribution in [1.29, 1.82) is 0 Å². The van der Waals surface area contributed by atoms with Crippen LogP contribution in [0.15, 0.2) is 18.2 Å². The zero-order valence-electron chi connectivity index (χ0n) is 11.0. The van der Waals surface area contributed by atoms with E-state index in [1.165, 1.54) is 0 Å². The number of nitrogens with two attached hydrogens (primary N) is 1. The van der Waals surface area contributed by atoms with Crippen molar-refractivity contribution < 1.29 is 9.53 Å². The van der Waals surface area contributed by atoms with Crippen molar-refractivity contribution in [3.8, 4) is 5.75 Å². The van der Waals surface area contributed by atoms with Crippen LogP contribution >= 0.6 is 23.8 Å². The lowest BCUT2D eigenvalue weighted by atomic mass is 10.2. The molecule has 0 bridgehead atoms. The monoisotopic (exact) mass is 300 g/mol. The number of nitrogens with zero attached hydrogens (tertiary/aromatic N) is 1. The highest BCUT2D eigenvalue weighted by molar-refractivity contribution is 7.80. The molecule has 4 nitrogen and oxygen atoms in total. The van der Waals surface area contributed by atoms with Gasteiger partial charge in [0.25, 0.3) is 0 Å². The van der Waals surface area contributed by atoms with E-state index in [2.05, 4.69) is 0 Å². The molecule has 0 aliphatic carbocycles. The maximum atomic E-state index is 11.4. The summed E-state index contributed by atoms with van der Waals surface area (Å²) in [6.07, 6.45) is 1.07. The van der Waals surface area contributed by atoms with Crippen molar-refractivity contribution in [3.05, 3.63) is 28.8 Å². The number of benzene rings is 1. The molecule has 0 saturated heterocycles. The van der Waals surface area contributed by atoms with Gasteiger partial charge in [-0.2, -0.15) is 0 Å². The van der Waals surface area contributed by atoms with E-state index < -0.39 is 0 Å². The fourth-order valence-corrected chi connectivity index (χ4v) is 2.03. The minimum absolute atomic E-state index is 0.0734. The molecule has 6 heteroatoms. The Morgan fingerprint density at radius 1 is 1.47 bits per heavy atom. The fourth-order valence-electron chi connectivity index (χ4n) is 1.49. The fraction of sp³-hybridized carbons (Fsp3) is 0.385. The van der Waals surface area contributed by atoms with Crippen molar-refractivity contribution >= 4 is 34.7 Å². The Hall–Kier alpha value is -1.33. The van der Waals surface area contributed by atoms with Crippen molar-refractivity contribution in [2.45, 2.75) is 12.8 Å². The Kier molecular flexibility index (Phi) is 6.05. The summed E-state index contributed by atoms with van der Waals surface area (Å²) in [5, 5.41) is 0.467. The van der Waals surface area contributed by atoms with Crippen molar-refractivity contribution in [1.82, 2.24) is 4.90 Å². The lowest BCUT2D eigenvalue weighted by Gasteiger charge is -2.13. The van der Waals surface area contributed by atoms with Crippen LogP contribution in [0.4, 0.5) is 0 Å². The summed E-state index contributed by atoms with van der Waals surface area (Å²) in [6.45, 7) is 0.412. The number of amides is 1. The molecule has 0 aliphatic heterocycles. The van der Waals surface area contributed by atoms with E-state index in [1.807, 2.05) is 0 Å². The summed E-state index contributed by atoms with van der Waals surface area (Å²) in [4.78, 5) is 13.1. The van der Waals surface area contributed by atoms with E-state index in [0.717, 1.165) is 0 Å². The van der Waals surface area contributed by atoms with Gasteiger partial charge in [-0.05, 0) is 18.6 Å². The van der Waals surface area contributed by atoms with Gasteiger partial charge in [0.1, 0.15) is 10.7 Å². The van der Waals surface area contributed by atoms with Crippen LogP contribution in [0.25, 0.3) is 0 Å². The number of carbonyl (C=O) groups is 1. The first kappa shape index (κ1) is 15.7. The van der Waals surface area contributed by atoms with Gasteiger partial charge in [0.2, 0.25) is 5.91 Å². The molecule has 19 heavy (non-hydrogen) atoms. The maximum Gasteiger partial charge on any atom is 0.222 e. The standard InChI is InChI=1S/C13H17ClN2O2S/c1-16(2)11(17)7-4-8-18-10-6-3-5-9(14)12(10)13(15)19/h3,5-6H,4,7-8H2,1-2H3,(H2,15,19). The Morgan fingerprint density at radius 2 is 2.16 bits per heavy atom. The number of halogens is 1. The van der Waals surface area contributed by atoms with Gasteiger partial charge in [-0.1, -0.05) is 29.9 Å². The molecule has 1 rings (SSSR count). The Balaban J connectivity index is 2.57. The Bertz CT molecular complexity index is 478. The lowest BCUT2D eigenvalue weighted by molar-refractivity contribution is -0.128. The van der Waals surface area contributed by atoms with Gasteiger partial charge in [-0.3, -0.25) is 4.79 Å². The van der Waals surface area contributed by atoms with Crippen LogP contribution < -0.4 is 10.5 Å². The zero-order valence-corrected chi connectivity index (χ0v) is 12.6. The van der Waals surface area contributed by atoms with Gasteiger partial charge < -0.3 is 15.4 Å². The second-order valence-corrected chi connectivity index (χ2v) is 5.06. The molecule has 0 spiro atoms. The molecular formula is C13H17ClN2O2S. The molecule has 1 amide bonds. The predicted molar refractivity (Wildman–Crippen MR) is 80.8 cm³/mol. The number of ether oxygens (including phenoxy) is 1.